The van der Waals surface area contributed by atoms with Gasteiger partial charge in [-0.15, -0.1) is 0 Å². The van der Waals surface area contributed by atoms with Crippen molar-refractivity contribution in [2.45, 2.75) is 0 Å². The number of nitrogens with two attached hydrogens (primary N) is 2. The van der Waals surface area contributed by atoms with E-state index in [-0.39, 0.29) is 17.0 Å². The molecule has 98 valence electrons. The molecule has 0 spiro atoms. The summed E-state index contributed by atoms with van der Waals surface area (Å²) in [6.07, 6.45) is 2.52. The van der Waals surface area contributed by atoms with Gasteiger partial charge in [0.15, 0.2) is 11.5 Å². The fourth-order valence-electron chi connectivity index (χ4n) is 1.51. The summed E-state index contributed by atoms with van der Waals surface area (Å²) in [4.78, 5) is 11.3. The Labute approximate surface area is 104 Å². The number of hydrazine groups is 1. The largest absolute Gasteiger partial charge is 0.493 e. The molecule has 0 heterocycles. The third-order valence-corrected chi connectivity index (χ3v) is 2.26. The van der Waals surface area contributed by atoms with Gasteiger partial charge in [-0.2, -0.15) is 0 Å². The maximum absolute atomic E-state index is 11.3. The molecule has 0 amide bonds. The number of hydrogen-bond donors (Lipinski definition) is 3. The zero-order chi connectivity index (χ0) is 13.7. The molecule has 0 unspecified atom stereocenters. The molecular formula is C11H15N3O4. The van der Waals surface area contributed by atoms with Crippen molar-refractivity contribution in [3.05, 3.63) is 30.1 Å². The number of carboxylic acid groups (broad SMARTS) is 1. The smallest absolute Gasteiger partial charge is 0.341 e. The number of aromatic carboxylic acids is 1. The van der Waals surface area contributed by atoms with Crippen molar-refractivity contribution in [3.8, 4) is 11.5 Å². The monoisotopic (exact) mass is 253 g/mol. The third kappa shape index (κ3) is 2.46. The van der Waals surface area contributed by atoms with Gasteiger partial charge in [-0.3, -0.25) is 5.01 Å². The van der Waals surface area contributed by atoms with Crippen molar-refractivity contribution in [1.82, 2.24) is 0 Å². The summed E-state index contributed by atoms with van der Waals surface area (Å²) in [5.74, 6) is 4.90. The second kappa shape index (κ2) is 5.78. The summed E-state index contributed by atoms with van der Waals surface area (Å²) in [6, 6.07) is 3.07. The first-order valence-electron chi connectivity index (χ1n) is 4.97. The summed E-state index contributed by atoms with van der Waals surface area (Å²) >= 11 is 0. The van der Waals surface area contributed by atoms with Crippen LogP contribution in [-0.4, -0.2) is 25.3 Å². The van der Waals surface area contributed by atoms with Gasteiger partial charge in [0.25, 0.3) is 0 Å². The van der Waals surface area contributed by atoms with Gasteiger partial charge in [-0.1, -0.05) is 0 Å². The second-order valence-electron chi connectivity index (χ2n) is 3.25. The van der Waals surface area contributed by atoms with E-state index < -0.39 is 5.97 Å². The Hall–Kier alpha value is -2.41. The maximum atomic E-state index is 11.3. The summed E-state index contributed by atoms with van der Waals surface area (Å²) in [6.45, 7) is 0. The number of carbonyl (C=O) groups is 1. The summed E-state index contributed by atoms with van der Waals surface area (Å²) in [5.41, 5.74) is 5.35. The number of anilines is 1. The number of benzene rings is 1. The van der Waals surface area contributed by atoms with Crippen molar-refractivity contribution in [2.24, 2.45) is 11.6 Å². The molecule has 0 bridgehead atoms. The van der Waals surface area contributed by atoms with Gasteiger partial charge in [0.2, 0.25) is 0 Å². The minimum absolute atomic E-state index is 0.0996. The van der Waals surface area contributed by atoms with E-state index in [2.05, 4.69) is 0 Å². The van der Waals surface area contributed by atoms with Crippen molar-refractivity contribution < 1.29 is 19.4 Å². The normalized spacial score (nSPS) is 10.4. The van der Waals surface area contributed by atoms with Gasteiger partial charge < -0.3 is 20.3 Å². The second-order valence-corrected chi connectivity index (χ2v) is 3.25. The number of rotatable bonds is 5. The lowest BCUT2D eigenvalue weighted by molar-refractivity contribution is 0.0693. The first-order valence-corrected chi connectivity index (χ1v) is 4.97. The van der Waals surface area contributed by atoms with Crippen LogP contribution in [-0.2, 0) is 0 Å². The first kappa shape index (κ1) is 13.7. The zero-order valence-electron chi connectivity index (χ0n) is 10.1. The fourth-order valence-corrected chi connectivity index (χ4v) is 1.51. The standard InChI is InChI=1S/C11H15N3O4/c1-17-8-4-3-7(14(13)6-5-12)9(11(15)16)10(8)18-2/h3-6H,12-13H2,1-2H3,(H,15,16)/b6-5-. The minimum Gasteiger partial charge on any atom is -0.493 e. The zero-order valence-corrected chi connectivity index (χ0v) is 10.1. The highest BCUT2D eigenvalue weighted by Gasteiger charge is 2.22. The Morgan fingerprint density at radius 1 is 1.39 bits per heavy atom. The van der Waals surface area contributed by atoms with E-state index in [1.807, 2.05) is 0 Å². The van der Waals surface area contributed by atoms with Crippen molar-refractivity contribution in [3.63, 3.8) is 0 Å². The highest BCUT2D eigenvalue weighted by molar-refractivity contribution is 5.98. The van der Waals surface area contributed by atoms with Crippen LogP contribution in [0.15, 0.2) is 24.5 Å². The summed E-state index contributed by atoms with van der Waals surface area (Å²) < 4.78 is 10.1. The highest BCUT2D eigenvalue weighted by Crippen LogP contribution is 2.37. The molecule has 0 aliphatic rings. The SMILES string of the molecule is COc1ccc(N(N)/C=C\N)c(C(=O)O)c1OC. The molecule has 7 heteroatoms. The Balaban J connectivity index is 3.48. The Bertz CT molecular complexity index is 474. The number of ether oxygens (including phenoxy) is 2. The van der Waals surface area contributed by atoms with E-state index in [4.69, 9.17) is 21.1 Å². The van der Waals surface area contributed by atoms with Gasteiger partial charge in [0.1, 0.15) is 5.56 Å². The van der Waals surface area contributed by atoms with Gasteiger partial charge in [0.05, 0.1) is 19.9 Å². The molecule has 0 radical (unpaired) electrons. The maximum Gasteiger partial charge on any atom is 0.341 e. The molecule has 1 aromatic carbocycles. The Morgan fingerprint density at radius 2 is 2.06 bits per heavy atom. The predicted molar refractivity (Wildman–Crippen MR) is 66.5 cm³/mol. The number of hydrogen-bond acceptors (Lipinski definition) is 6. The molecule has 0 aliphatic heterocycles. The molecule has 0 aliphatic carbocycles. The van der Waals surface area contributed by atoms with E-state index >= 15 is 0 Å². The quantitative estimate of drug-likeness (QED) is 0.518. The van der Waals surface area contributed by atoms with Gasteiger partial charge in [0, 0.05) is 12.4 Å². The van der Waals surface area contributed by atoms with Gasteiger partial charge in [-0.25, -0.2) is 10.6 Å². The van der Waals surface area contributed by atoms with Crippen molar-refractivity contribution in [1.29, 1.82) is 0 Å². The van der Waals surface area contributed by atoms with E-state index in [9.17, 15) is 9.90 Å². The van der Waals surface area contributed by atoms with Crippen LogP contribution in [0, 0.1) is 0 Å². The summed E-state index contributed by atoms with van der Waals surface area (Å²) in [7, 11) is 2.77. The van der Waals surface area contributed by atoms with Crippen LogP contribution in [0.4, 0.5) is 5.69 Å². The van der Waals surface area contributed by atoms with Crippen molar-refractivity contribution >= 4 is 11.7 Å². The lowest BCUT2D eigenvalue weighted by atomic mass is 10.1. The molecule has 1 rings (SSSR count). The average molecular weight is 253 g/mol. The Kier molecular flexibility index (Phi) is 4.39. The molecule has 7 nitrogen and oxygen atoms in total. The molecule has 5 N–H and O–H groups in total. The van der Waals surface area contributed by atoms with Crippen LogP contribution in [0.2, 0.25) is 0 Å². The molecular weight excluding hydrogens is 238 g/mol. The fraction of sp³-hybridized carbons (Fsp3) is 0.182. The van der Waals surface area contributed by atoms with E-state index in [0.29, 0.717) is 5.75 Å². The van der Waals surface area contributed by atoms with Crippen LogP contribution in [0.5, 0.6) is 11.5 Å². The molecule has 18 heavy (non-hydrogen) atoms. The van der Waals surface area contributed by atoms with E-state index in [1.165, 1.54) is 32.7 Å². The molecule has 0 atom stereocenters. The van der Waals surface area contributed by atoms with Gasteiger partial charge >= 0.3 is 5.97 Å². The Morgan fingerprint density at radius 3 is 2.50 bits per heavy atom. The minimum atomic E-state index is -1.18. The summed E-state index contributed by atoms with van der Waals surface area (Å²) in [5, 5.41) is 10.3. The van der Waals surface area contributed by atoms with Gasteiger partial charge in [-0.05, 0) is 12.1 Å². The van der Waals surface area contributed by atoms with Crippen LogP contribution in [0.25, 0.3) is 0 Å². The first-order chi connectivity index (χ1) is 8.56. The van der Waals surface area contributed by atoms with Crippen LogP contribution in [0.3, 0.4) is 0 Å². The molecule has 1 aromatic rings. The third-order valence-electron chi connectivity index (χ3n) is 2.26. The average Bonchev–Trinajstić information content (AvgIpc) is 2.36. The van der Waals surface area contributed by atoms with E-state index in [0.717, 1.165) is 5.01 Å². The highest BCUT2D eigenvalue weighted by atomic mass is 16.5. The molecule has 0 fully saturated rings. The lowest BCUT2D eigenvalue weighted by Gasteiger charge is -2.19. The van der Waals surface area contributed by atoms with Crippen LogP contribution in [0.1, 0.15) is 10.4 Å². The number of carboxylic acids is 1. The van der Waals surface area contributed by atoms with Crippen LogP contribution >= 0.6 is 0 Å². The van der Waals surface area contributed by atoms with E-state index in [1.54, 1.807) is 6.07 Å². The molecule has 0 aromatic heterocycles. The molecule has 0 saturated heterocycles. The molecule has 0 saturated carbocycles. The van der Waals surface area contributed by atoms with Crippen molar-refractivity contribution in [2.75, 3.05) is 19.2 Å². The lowest BCUT2D eigenvalue weighted by Crippen LogP contribution is -2.27. The topological polar surface area (TPSA) is 111 Å². The number of methoxy groups -OCH3 is 2. The predicted octanol–water partition coefficient (Wildman–Crippen LogP) is 0.512. The van der Waals surface area contributed by atoms with Crippen LogP contribution < -0.4 is 26.1 Å². The number of nitrogens with zero attached hydrogens (tertiary/aromatic N) is 1.